The molecular formula is C14H16S. The molecule has 0 aromatic heterocycles. The van der Waals surface area contributed by atoms with Crippen LogP contribution in [-0.4, -0.2) is 5.25 Å². The molecule has 0 N–H and O–H groups in total. The molecule has 0 aromatic carbocycles. The predicted octanol–water partition coefficient (Wildman–Crippen LogP) is 4.23. The minimum absolute atomic E-state index is 0.697. The van der Waals surface area contributed by atoms with Gasteiger partial charge in [-0.1, -0.05) is 35.5 Å². The van der Waals surface area contributed by atoms with Gasteiger partial charge in [0.1, 0.15) is 0 Å². The minimum Gasteiger partial charge on any atom is -0.117 e. The van der Waals surface area contributed by atoms with E-state index in [0.717, 1.165) is 0 Å². The molecule has 1 heterocycles. The first-order valence-corrected chi connectivity index (χ1v) is 6.56. The monoisotopic (exact) mass is 216 g/mol. The molecule has 0 aromatic rings. The van der Waals surface area contributed by atoms with Gasteiger partial charge in [0, 0.05) is 16.1 Å². The lowest BCUT2D eigenvalue weighted by Gasteiger charge is -2.26. The standard InChI is InChI=1S/C14H16S/c1-9-7-8-10(2)14-13(9)11-5-3-4-6-12(11)15-14/h4,6-8,13-14H,3,5H2,1-2H3. The summed E-state index contributed by atoms with van der Waals surface area (Å²) in [6.07, 6.45) is 11.8. The van der Waals surface area contributed by atoms with Crippen molar-refractivity contribution in [3.8, 4) is 0 Å². The van der Waals surface area contributed by atoms with Gasteiger partial charge in [0.2, 0.25) is 0 Å². The summed E-state index contributed by atoms with van der Waals surface area (Å²) in [7, 11) is 0. The second-order valence-electron chi connectivity index (χ2n) is 4.67. The fourth-order valence-corrected chi connectivity index (χ4v) is 4.41. The summed E-state index contributed by atoms with van der Waals surface area (Å²) < 4.78 is 0. The maximum Gasteiger partial charge on any atom is 0.0407 e. The third-order valence-corrected chi connectivity index (χ3v) is 5.20. The number of rotatable bonds is 0. The summed E-state index contributed by atoms with van der Waals surface area (Å²) in [6, 6.07) is 0. The van der Waals surface area contributed by atoms with Gasteiger partial charge >= 0.3 is 0 Å². The van der Waals surface area contributed by atoms with Crippen molar-refractivity contribution in [1.29, 1.82) is 0 Å². The molecule has 1 aliphatic heterocycles. The van der Waals surface area contributed by atoms with Crippen molar-refractivity contribution in [3.63, 3.8) is 0 Å². The molecule has 2 unspecified atom stereocenters. The number of hydrogen-bond donors (Lipinski definition) is 0. The highest BCUT2D eigenvalue weighted by Gasteiger charge is 2.37. The first-order chi connectivity index (χ1) is 7.27. The molecule has 3 rings (SSSR count). The van der Waals surface area contributed by atoms with E-state index in [1.807, 2.05) is 0 Å². The first-order valence-electron chi connectivity index (χ1n) is 5.68. The van der Waals surface area contributed by atoms with Crippen LogP contribution in [0.15, 0.2) is 45.9 Å². The van der Waals surface area contributed by atoms with E-state index in [9.17, 15) is 0 Å². The molecule has 2 aliphatic carbocycles. The van der Waals surface area contributed by atoms with Crippen LogP contribution in [0.1, 0.15) is 26.7 Å². The zero-order chi connectivity index (χ0) is 10.4. The first kappa shape index (κ1) is 9.53. The predicted molar refractivity (Wildman–Crippen MR) is 67.8 cm³/mol. The molecule has 0 nitrogen and oxygen atoms in total. The molecule has 15 heavy (non-hydrogen) atoms. The van der Waals surface area contributed by atoms with Gasteiger partial charge in [-0.05, 0) is 32.3 Å². The summed E-state index contributed by atoms with van der Waals surface area (Å²) in [5.74, 6) is 0.708. The Bertz CT molecular complexity index is 421. The molecule has 1 heteroatoms. The Hall–Kier alpha value is -0.690. The fourth-order valence-electron chi connectivity index (χ4n) is 2.80. The largest absolute Gasteiger partial charge is 0.117 e. The molecule has 3 aliphatic rings. The molecule has 0 spiro atoms. The van der Waals surface area contributed by atoms with Gasteiger partial charge in [0.15, 0.2) is 0 Å². The lowest BCUT2D eigenvalue weighted by molar-refractivity contribution is 0.679. The Morgan fingerprint density at radius 3 is 2.87 bits per heavy atom. The highest BCUT2D eigenvalue weighted by atomic mass is 32.2. The second kappa shape index (κ2) is 3.41. The van der Waals surface area contributed by atoms with Gasteiger partial charge in [-0.25, -0.2) is 0 Å². The van der Waals surface area contributed by atoms with Crippen molar-refractivity contribution in [2.45, 2.75) is 31.9 Å². The van der Waals surface area contributed by atoms with Crippen molar-refractivity contribution < 1.29 is 0 Å². The van der Waals surface area contributed by atoms with E-state index < -0.39 is 0 Å². The van der Waals surface area contributed by atoms with Gasteiger partial charge in [0.25, 0.3) is 0 Å². The van der Waals surface area contributed by atoms with Crippen molar-refractivity contribution in [2.75, 3.05) is 0 Å². The van der Waals surface area contributed by atoms with Crippen molar-refractivity contribution in [2.24, 2.45) is 5.92 Å². The third kappa shape index (κ3) is 1.37. The van der Waals surface area contributed by atoms with Crippen LogP contribution in [0.25, 0.3) is 0 Å². The van der Waals surface area contributed by atoms with Crippen LogP contribution >= 0.6 is 11.8 Å². The van der Waals surface area contributed by atoms with Crippen molar-refractivity contribution in [3.05, 3.63) is 45.9 Å². The van der Waals surface area contributed by atoms with Crippen LogP contribution in [0.4, 0.5) is 0 Å². The normalized spacial score (nSPS) is 33.5. The number of allylic oxidation sites excluding steroid dienone is 6. The lowest BCUT2D eigenvalue weighted by Crippen LogP contribution is -2.20. The van der Waals surface area contributed by atoms with E-state index >= 15 is 0 Å². The van der Waals surface area contributed by atoms with Gasteiger partial charge in [-0.3, -0.25) is 0 Å². The third-order valence-electron chi connectivity index (χ3n) is 3.65. The molecular weight excluding hydrogens is 200 g/mol. The van der Waals surface area contributed by atoms with Gasteiger partial charge in [-0.2, -0.15) is 0 Å². The zero-order valence-corrected chi connectivity index (χ0v) is 10.1. The Morgan fingerprint density at radius 1 is 1.20 bits per heavy atom. The van der Waals surface area contributed by atoms with E-state index in [1.54, 1.807) is 21.6 Å². The molecule has 0 bridgehead atoms. The van der Waals surface area contributed by atoms with E-state index in [2.05, 4.69) is 49.9 Å². The molecule has 0 saturated heterocycles. The molecule has 0 radical (unpaired) electrons. The summed E-state index contributed by atoms with van der Waals surface area (Å²) in [5, 5.41) is 0.697. The summed E-state index contributed by atoms with van der Waals surface area (Å²) in [4.78, 5) is 1.55. The zero-order valence-electron chi connectivity index (χ0n) is 9.29. The number of fused-ring (bicyclic) bond motifs is 2. The van der Waals surface area contributed by atoms with Crippen LogP contribution < -0.4 is 0 Å². The summed E-state index contributed by atoms with van der Waals surface area (Å²) in [6.45, 7) is 4.56. The summed E-state index contributed by atoms with van der Waals surface area (Å²) in [5.41, 5.74) is 4.80. The van der Waals surface area contributed by atoms with E-state index in [-0.39, 0.29) is 0 Å². The molecule has 0 amide bonds. The highest BCUT2D eigenvalue weighted by Crippen LogP contribution is 2.52. The van der Waals surface area contributed by atoms with Crippen LogP contribution in [-0.2, 0) is 0 Å². The van der Waals surface area contributed by atoms with Crippen molar-refractivity contribution >= 4 is 11.8 Å². The van der Waals surface area contributed by atoms with E-state index in [1.165, 1.54) is 12.8 Å². The maximum atomic E-state index is 2.34. The molecule has 2 atom stereocenters. The van der Waals surface area contributed by atoms with Crippen molar-refractivity contribution in [1.82, 2.24) is 0 Å². The average molecular weight is 216 g/mol. The highest BCUT2D eigenvalue weighted by molar-refractivity contribution is 8.04. The SMILES string of the molecule is CC1=CC=C(C)C2C3=C(C=CCC3)SC12. The Balaban J connectivity index is 2.05. The smallest absolute Gasteiger partial charge is 0.0407 e. The summed E-state index contributed by atoms with van der Waals surface area (Å²) >= 11 is 2.07. The van der Waals surface area contributed by atoms with E-state index in [0.29, 0.717) is 11.2 Å². The van der Waals surface area contributed by atoms with Crippen LogP contribution in [0.5, 0.6) is 0 Å². The second-order valence-corrected chi connectivity index (χ2v) is 5.85. The molecule has 78 valence electrons. The fraction of sp³-hybridized carbons (Fsp3) is 0.429. The quantitative estimate of drug-likeness (QED) is 0.584. The maximum absolute atomic E-state index is 2.34. The molecule has 0 fully saturated rings. The molecule has 0 saturated carbocycles. The number of thioether (sulfide) groups is 1. The van der Waals surface area contributed by atoms with Gasteiger partial charge < -0.3 is 0 Å². The average Bonchev–Trinajstić information content (AvgIpc) is 2.64. The van der Waals surface area contributed by atoms with Gasteiger partial charge in [-0.15, -0.1) is 11.8 Å². The Labute approximate surface area is 95.8 Å². The topological polar surface area (TPSA) is 0 Å². The Morgan fingerprint density at radius 2 is 2.00 bits per heavy atom. The van der Waals surface area contributed by atoms with Crippen LogP contribution in [0.2, 0.25) is 0 Å². The van der Waals surface area contributed by atoms with E-state index in [4.69, 9.17) is 0 Å². The van der Waals surface area contributed by atoms with Crippen LogP contribution in [0, 0.1) is 5.92 Å². The number of hydrogen-bond acceptors (Lipinski definition) is 1. The lowest BCUT2D eigenvalue weighted by atomic mass is 9.80. The Kier molecular flexibility index (Phi) is 2.17. The van der Waals surface area contributed by atoms with Crippen LogP contribution in [0.3, 0.4) is 0 Å². The van der Waals surface area contributed by atoms with Gasteiger partial charge in [0.05, 0.1) is 0 Å². The minimum atomic E-state index is 0.697.